The van der Waals surface area contributed by atoms with E-state index < -0.39 is 0 Å². The number of imidazole rings is 1. The van der Waals surface area contributed by atoms with Gasteiger partial charge in [0.15, 0.2) is 17.0 Å². The molecule has 4 aromatic rings. The highest BCUT2D eigenvalue weighted by Gasteiger charge is 2.29. The summed E-state index contributed by atoms with van der Waals surface area (Å²) in [7, 11) is 0. The monoisotopic (exact) mass is 501 g/mol. The molecule has 1 amide bonds. The van der Waals surface area contributed by atoms with E-state index in [1.165, 1.54) is 6.42 Å². The van der Waals surface area contributed by atoms with E-state index in [2.05, 4.69) is 29.9 Å². The summed E-state index contributed by atoms with van der Waals surface area (Å²) in [4.78, 5) is 29.4. The molecule has 0 unspecified atom stereocenters. The number of hydrogen-bond acceptors (Lipinski definition) is 8. The zero-order chi connectivity index (χ0) is 25.2. The maximum Gasteiger partial charge on any atom is 0.231 e. The van der Waals surface area contributed by atoms with Crippen LogP contribution in [0.15, 0.2) is 41.2 Å². The summed E-state index contributed by atoms with van der Waals surface area (Å²) in [6.07, 6.45) is 7.81. The Morgan fingerprint density at radius 3 is 2.89 bits per heavy atom. The maximum absolute atomic E-state index is 13.2. The Hall–Kier alpha value is -3.95. The van der Waals surface area contributed by atoms with E-state index in [1.807, 2.05) is 31.2 Å². The molecule has 0 aliphatic carbocycles. The van der Waals surface area contributed by atoms with Crippen LogP contribution in [-0.2, 0) is 17.8 Å². The zero-order valence-electron chi connectivity index (χ0n) is 21.0. The van der Waals surface area contributed by atoms with Crippen LogP contribution in [0.3, 0.4) is 0 Å². The van der Waals surface area contributed by atoms with Gasteiger partial charge in [-0.25, -0.2) is 15.0 Å². The topological polar surface area (TPSA) is 111 Å². The van der Waals surface area contributed by atoms with E-state index in [0.717, 1.165) is 79.3 Å². The number of nitrogens with one attached hydrogen (secondary N) is 1. The third kappa shape index (κ3) is 4.75. The van der Waals surface area contributed by atoms with Gasteiger partial charge in [-0.05, 0) is 56.9 Å². The number of benzene rings is 1. The molecule has 1 saturated heterocycles. The highest BCUT2D eigenvalue weighted by Crippen LogP contribution is 2.30. The number of anilines is 2. The van der Waals surface area contributed by atoms with E-state index in [-0.39, 0.29) is 11.8 Å². The van der Waals surface area contributed by atoms with Gasteiger partial charge in [0, 0.05) is 37.7 Å². The Balaban J connectivity index is 1.15. The number of nitrogens with zero attached hydrogens (tertiary/aromatic N) is 6. The van der Waals surface area contributed by atoms with Gasteiger partial charge in [0.2, 0.25) is 11.8 Å². The molecule has 1 N–H and O–H groups in total. The lowest BCUT2D eigenvalue weighted by Gasteiger charge is -2.32. The van der Waals surface area contributed by atoms with Crippen LogP contribution in [0.5, 0.6) is 5.75 Å². The van der Waals surface area contributed by atoms with Crippen molar-refractivity contribution in [2.24, 2.45) is 5.92 Å². The third-order valence-electron chi connectivity index (χ3n) is 7.18. The first-order chi connectivity index (χ1) is 18.2. The Kier molecular flexibility index (Phi) is 6.46. The van der Waals surface area contributed by atoms with Crippen molar-refractivity contribution in [2.45, 2.75) is 52.0 Å². The smallest absolute Gasteiger partial charge is 0.231 e. The molecular weight excluding hydrogens is 470 g/mol. The van der Waals surface area contributed by atoms with E-state index in [0.29, 0.717) is 24.7 Å². The molecule has 6 rings (SSSR count). The van der Waals surface area contributed by atoms with Gasteiger partial charge in [0.1, 0.15) is 23.6 Å². The largest absolute Gasteiger partial charge is 0.494 e. The molecule has 2 aliphatic rings. The van der Waals surface area contributed by atoms with Crippen LogP contribution in [0.1, 0.15) is 44.9 Å². The Bertz CT molecular complexity index is 1400. The molecule has 0 saturated carbocycles. The lowest BCUT2D eigenvalue weighted by molar-refractivity contribution is -0.120. The minimum absolute atomic E-state index is 0.0787. The second-order valence-corrected chi connectivity index (χ2v) is 9.67. The van der Waals surface area contributed by atoms with Crippen molar-refractivity contribution in [3.63, 3.8) is 0 Å². The van der Waals surface area contributed by atoms with Crippen LogP contribution in [0.2, 0.25) is 0 Å². The second-order valence-electron chi connectivity index (χ2n) is 9.67. The van der Waals surface area contributed by atoms with E-state index in [9.17, 15) is 4.79 Å². The summed E-state index contributed by atoms with van der Waals surface area (Å²) in [6, 6.07) is 9.38. The fourth-order valence-electron chi connectivity index (χ4n) is 5.32. The lowest BCUT2D eigenvalue weighted by atomic mass is 9.97. The number of ether oxygens (including phenoxy) is 1. The van der Waals surface area contributed by atoms with Gasteiger partial charge in [-0.15, -0.1) is 0 Å². The Morgan fingerprint density at radius 2 is 2.03 bits per heavy atom. The summed E-state index contributed by atoms with van der Waals surface area (Å²) >= 11 is 0. The van der Waals surface area contributed by atoms with Crippen LogP contribution in [-0.4, -0.2) is 50.3 Å². The normalized spacial score (nSPS) is 17.9. The number of aryl methyl sites for hydroxylation is 2. The van der Waals surface area contributed by atoms with Gasteiger partial charge in [-0.2, -0.15) is 0 Å². The molecule has 192 valence electrons. The lowest BCUT2D eigenvalue weighted by Crippen LogP contribution is -2.41. The van der Waals surface area contributed by atoms with Gasteiger partial charge in [0.25, 0.3) is 0 Å². The Labute approximate surface area is 215 Å². The van der Waals surface area contributed by atoms with E-state index in [4.69, 9.17) is 14.2 Å². The number of piperidine rings is 1. The molecular formula is C27H31N7O3. The third-order valence-corrected chi connectivity index (χ3v) is 7.18. The van der Waals surface area contributed by atoms with Crippen LogP contribution < -0.4 is 15.0 Å². The standard InChI is InChI=1S/C27H31N7O3/c1-2-36-20-11-9-18(10-12-20)21-15-23(37-32-21)31-27(35)19-7-6-13-33(16-19)25-24-26(29-17-28-25)34-14-5-3-4-8-22(34)30-24/h9-12,15,17,19H,2-8,13-14,16H2,1H3,(H,31,35)/t19-/m1/s1. The first-order valence-corrected chi connectivity index (χ1v) is 13.2. The molecule has 37 heavy (non-hydrogen) atoms. The fraction of sp³-hybridized carbons (Fsp3) is 0.444. The van der Waals surface area contributed by atoms with Crippen LogP contribution in [0.25, 0.3) is 22.4 Å². The number of carbonyl (C=O) groups is 1. The zero-order valence-corrected chi connectivity index (χ0v) is 21.0. The summed E-state index contributed by atoms with van der Waals surface area (Å²) < 4.78 is 13.2. The number of aromatic nitrogens is 5. The first kappa shape index (κ1) is 23.4. The van der Waals surface area contributed by atoms with Crippen molar-refractivity contribution < 1.29 is 14.1 Å². The predicted molar refractivity (Wildman–Crippen MR) is 140 cm³/mol. The number of fused-ring (bicyclic) bond motifs is 3. The quantitative estimate of drug-likeness (QED) is 0.412. The van der Waals surface area contributed by atoms with E-state index >= 15 is 0 Å². The molecule has 2 aliphatic heterocycles. The first-order valence-electron chi connectivity index (χ1n) is 13.2. The van der Waals surface area contributed by atoms with Crippen LogP contribution in [0.4, 0.5) is 11.7 Å². The molecule has 3 aromatic heterocycles. The number of carbonyl (C=O) groups excluding carboxylic acids is 1. The number of rotatable bonds is 6. The highest BCUT2D eigenvalue weighted by atomic mass is 16.5. The average Bonchev–Trinajstić information content (AvgIpc) is 3.46. The van der Waals surface area contributed by atoms with Gasteiger partial charge in [0.05, 0.1) is 12.5 Å². The molecule has 1 aromatic carbocycles. The van der Waals surface area contributed by atoms with E-state index in [1.54, 1.807) is 12.4 Å². The maximum atomic E-state index is 13.2. The van der Waals surface area contributed by atoms with Crippen LogP contribution in [0, 0.1) is 5.92 Å². The minimum Gasteiger partial charge on any atom is -0.494 e. The van der Waals surface area contributed by atoms with Crippen molar-refractivity contribution >= 4 is 28.8 Å². The fourth-order valence-corrected chi connectivity index (χ4v) is 5.32. The summed E-state index contributed by atoms with van der Waals surface area (Å²) in [6.45, 7) is 4.92. The summed E-state index contributed by atoms with van der Waals surface area (Å²) in [5.74, 6) is 2.78. The van der Waals surface area contributed by atoms with Crippen molar-refractivity contribution in [1.29, 1.82) is 0 Å². The SMILES string of the molecule is CCOc1ccc(-c2cc(NC(=O)[C@@H]3CCCN(c4ncnc5c4nc4n5CCCCC4)C3)on2)cc1. The van der Waals surface area contributed by atoms with Gasteiger partial charge in [-0.1, -0.05) is 11.6 Å². The van der Waals surface area contributed by atoms with Crippen LogP contribution >= 0.6 is 0 Å². The Morgan fingerprint density at radius 1 is 1.14 bits per heavy atom. The molecule has 0 radical (unpaired) electrons. The van der Waals surface area contributed by atoms with Gasteiger partial charge in [-0.3, -0.25) is 10.1 Å². The molecule has 0 spiro atoms. The molecule has 0 bridgehead atoms. The minimum atomic E-state index is -0.196. The second kappa shape index (κ2) is 10.2. The van der Waals surface area contributed by atoms with Crippen molar-refractivity contribution in [3.05, 3.63) is 42.5 Å². The molecule has 10 heteroatoms. The molecule has 10 nitrogen and oxygen atoms in total. The van der Waals surface area contributed by atoms with Crippen molar-refractivity contribution in [2.75, 3.05) is 29.9 Å². The van der Waals surface area contributed by atoms with Gasteiger partial charge < -0.3 is 18.7 Å². The molecule has 5 heterocycles. The number of amides is 1. The predicted octanol–water partition coefficient (Wildman–Crippen LogP) is 4.46. The molecule has 1 fully saturated rings. The number of hydrogen-bond donors (Lipinski definition) is 1. The van der Waals surface area contributed by atoms with Crippen molar-refractivity contribution in [3.8, 4) is 17.0 Å². The highest BCUT2D eigenvalue weighted by molar-refractivity contribution is 5.92. The molecule has 1 atom stereocenters. The van der Waals surface area contributed by atoms with Gasteiger partial charge >= 0.3 is 0 Å². The average molecular weight is 502 g/mol. The van der Waals surface area contributed by atoms with Crippen molar-refractivity contribution in [1.82, 2.24) is 24.7 Å². The summed E-state index contributed by atoms with van der Waals surface area (Å²) in [5, 5.41) is 7.04. The summed E-state index contributed by atoms with van der Waals surface area (Å²) in [5.41, 5.74) is 3.29.